The molecule has 2 heterocycles. The van der Waals surface area contributed by atoms with Gasteiger partial charge in [0.25, 0.3) is 0 Å². The van der Waals surface area contributed by atoms with Crippen molar-refractivity contribution >= 4 is 0 Å². The lowest BCUT2D eigenvalue weighted by Gasteiger charge is -2.13. The molecule has 2 aromatic heterocycles. The van der Waals surface area contributed by atoms with Crippen LogP contribution in [-0.2, 0) is 6.54 Å². The van der Waals surface area contributed by atoms with E-state index in [1.54, 1.807) is 0 Å². The zero-order chi connectivity index (χ0) is 11.7. The van der Waals surface area contributed by atoms with E-state index in [0.29, 0.717) is 18.4 Å². The van der Waals surface area contributed by atoms with Crippen molar-refractivity contribution in [2.24, 2.45) is 5.92 Å². The van der Waals surface area contributed by atoms with E-state index in [9.17, 15) is 0 Å². The largest absolute Gasteiger partial charge is 0.346 e. The minimum absolute atomic E-state index is 0.488. The first-order chi connectivity index (χ1) is 8.36. The Morgan fingerprint density at radius 1 is 1.59 bits per heavy atom. The molecule has 1 atom stereocenters. The summed E-state index contributed by atoms with van der Waals surface area (Å²) in [6, 6.07) is 2.65. The smallest absolute Gasteiger partial charge is 0.213 e. The van der Waals surface area contributed by atoms with Gasteiger partial charge >= 0.3 is 0 Å². The Balaban J connectivity index is 1.73. The number of aromatic nitrogens is 3. The highest BCUT2D eigenvalue weighted by Gasteiger charge is 2.31. The molecular weight excluding hydrogens is 216 g/mol. The molecular formula is C12H16N4O. The molecule has 0 spiro atoms. The SMILES string of the molecule is CNC(c1ccn(Cc2ncon2)c1)C1CC1. The minimum atomic E-state index is 0.488. The third-order valence-corrected chi connectivity index (χ3v) is 3.27. The first-order valence-electron chi connectivity index (χ1n) is 5.95. The Hall–Kier alpha value is -1.62. The van der Waals surface area contributed by atoms with Gasteiger partial charge in [0.1, 0.15) is 0 Å². The highest BCUT2D eigenvalue weighted by atomic mass is 16.5. The summed E-state index contributed by atoms with van der Waals surface area (Å²) in [6.07, 6.45) is 8.26. The standard InChI is InChI=1S/C12H16N4O/c1-13-12(9-2-3-9)10-4-5-16(6-10)7-11-14-8-17-15-11/h4-6,8-9,12-13H,2-3,7H2,1H3. The molecule has 0 saturated heterocycles. The second kappa shape index (κ2) is 4.33. The fourth-order valence-electron chi connectivity index (χ4n) is 2.27. The van der Waals surface area contributed by atoms with E-state index < -0.39 is 0 Å². The fourth-order valence-corrected chi connectivity index (χ4v) is 2.27. The van der Waals surface area contributed by atoms with Crippen LogP contribution in [0.25, 0.3) is 0 Å². The Labute approximate surface area is 99.8 Å². The first kappa shape index (κ1) is 10.5. The monoisotopic (exact) mass is 232 g/mol. The van der Waals surface area contributed by atoms with Crippen LogP contribution in [0.15, 0.2) is 29.4 Å². The average Bonchev–Trinajstić information content (AvgIpc) is 2.86. The van der Waals surface area contributed by atoms with E-state index in [1.807, 2.05) is 7.05 Å². The number of hydrogen-bond acceptors (Lipinski definition) is 4. The molecule has 90 valence electrons. The van der Waals surface area contributed by atoms with Crippen molar-refractivity contribution in [3.8, 4) is 0 Å². The van der Waals surface area contributed by atoms with Crippen LogP contribution < -0.4 is 5.32 Å². The highest BCUT2D eigenvalue weighted by molar-refractivity contribution is 5.18. The van der Waals surface area contributed by atoms with Crippen LogP contribution in [0.2, 0.25) is 0 Å². The third-order valence-electron chi connectivity index (χ3n) is 3.27. The van der Waals surface area contributed by atoms with Gasteiger partial charge in [-0.1, -0.05) is 5.16 Å². The van der Waals surface area contributed by atoms with Gasteiger partial charge in [0.05, 0.1) is 6.54 Å². The van der Waals surface area contributed by atoms with E-state index in [-0.39, 0.29) is 0 Å². The van der Waals surface area contributed by atoms with Crippen LogP contribution in [0, 0.1) is 5.92 Å². The Morgan fingerprint density at radius 2 is 2.47 bits per heavy atom. The average molecular weight is 232 g/mol. The summed E-state index contributed by atoms with van der Waals surface area (Å²) >= 11 is 0. The molecule has 0 bridgehead atoms. The summed E-state index contributed by atoms with van der Waals surface area (Å²) in [5.41, 5.74) is 1.35. The van der Waals surface area contributed by atoms with Crippen LogP contribution in [0.3, 0.4) is 0 Å². The van der Waals surface area contributed by atoms with Gasteiger partial charge in [-0.05, 0) is 37.4 Å². The van der Waals surface area contributed by atoms with E-state index in [1.165, 1.54) is 24.8 Å². The maximum atomic E-state index is 4.72. The predicted octanol–water partition coefficient (Wildman–Crippen LogP) is 1.59. The normalized spacial score (nSPS) is 17.2. The van der Waals surface area contributed by atoms with E-state index in [0.717, 1.165) is 5.92 Å². The van der Waals surface area contributed by atoms with Crippen LogP contribution in [0.1, 0.15) is 30.3 Å². The van der Waals surface area contributed by atoms with Crippen molar-refractivity contribution < 1.29 is 4.52 Å². The molecule has 5 nitrogen and oxygen atoms in total. The Bertz CT molecular complexity index is 472. The van der Waals surface area contributed by atoms with Gasteiger partial charge in [-0.3, -0.25) is 0 Å². The van der Waals surface area contributed by atoms with Gasteiger partial charge in [0.2, 0.25) is 6.39 Å². The molecule has 5 heteroatoms. The van der Waals surface area contributed by atoms with Crippen molar-refractivity contribution in [2.75, 3.05) is 7.05 Å². The van der Waals surface area contributed by atoms with E-state index >= 15 is 0 Å². The van der Waals surface area contributed by atoms with Crippen molar-refractivity contribution in [1.29, 1.82) is 0 Å². The summed E-state index contributed by atoms with van der Waals surface area (Å²) in [5, 5.41) is 7.20. The summed E-state index contributed by atoms with van der Waals surface area (Å²) in [4.78, 5) is 4.02. The van der Waals surface area contributed by atoms with Crippen molar-refractivity contribution in [1.82, 2.24) is 20.0 Å². The quantitative estimate of drug-likeness (QED) is 0.850. The number of rotatable bonds is 5. The number of nitrogens with zero attached hydrogens (tertiary/aromatic N) is 3. The molecule has 1 aliphatic carbocycles. The lowest BCUT2D eigenvalue weighted by atomic mass is 10.1. The molecule has 0 aliphatic heterocycles. The van der Waals surface area contributed by atoms with Gasteiger partial charge in [-0.15, -0.1) is 0 Å². The van der Waals surface area contributed by atoms with E-state index in [4.69, 9.17) is 4.52 Å². The van der Waals surface area contributed by atoms with Gasteiger partial charge in [0, 0.05) is 18.4 Å². The van der Waals surface area contributed by atoms with Gasteiger partial charge in [0.15, 0.2) is 5.82 Å². The molecule has 1 aliphatic rings. The maximum Gasteiger partial charge on any atom is 0.213 e. The zero-order valence-electron chi connectivity index (χ0n) is 9.84. The first-order valence-corrected chi connectivity index (χ1v) is 5.95. The van der Waals surface area contributed by atoms with Crippen molar-refractivity contribution in [3.63, 3.8) is 0 Å². The molecule has 0 aromatic carbocycles. The molecule has 1 unspecified atom stereocenters. The Kier molecular flexibility index (Phi) is 2.68. The Morgan fingerprint density at radius 3 is 3.12 bits per heavy atom. The lowest BCUT2D eigenvalue weighted by Crippen LogP contribution is -2.17. The lowest BCUT2D eigenvalue weighted by molar-refractivity contribution is 0.408. The molecule has 2 aromatic rings. The van der Waals surface area contributed by atoms with Crippen molar-refractivity contribution in [3.05, 3.63) is 36.2 Å². The van der Waals surface area contributed by atoms with Crippen LogP contribution in [-0.4, -0.2) is 21.8 Å². The predicted molar refractivity (Wildman–Crippen MR) is 62.4 cm³/mol. The second-order valence-electron chi connectivity index (χ2n) is 4.57. The van der Waals surface area contributed by atoms with Gasteiger partial charge in [-0.2, -0.15) is 4.98 Å². The number of hydrogen-bond donors (Lipinski definition) is 1. The number of nitrogens with one attached hydrogen (secondary N) is 1. The zero-order valence-corrected chi connectivity index (χ0v) is 9.84. The third kappa shape index (κ3) is 2.24. The maximum absolute atomic E-state index is 4.72. The fraction of sp³-hybridized carbons (Fsp3) is 0.500. The highest BCUT2D eigenvalue weighted by Crippen LogP contribution is 2.40. The molecule has 0 amide bonds. The van der Waals surface area contributed by atoms with Gasteiger partial charge < -0.3 is 14.4 Å². The summed E-state index contributed by atoms with van der Waals surface area (Å²) in [6.45, 7) is 0.664. The summed E-state index contributed by atoms with van der Waals surface area (Å²) < 4.78 is 6.81. The molecule has 17 heavy (non-hydrogen) atoms. The van der Waals surface area contributed by atoms with Crippen LogP contribution in [0.4, 0.5) is 0 Å². The van der Waals surface area contributed by atoms with Gasteiger partial charge in [-0.25, -0.2) is 0 Å². The second-order valence-corrected chi connectivity index (χ2v) is 4.57. The topological polar surface area (TPSA) is 55.9 Å². The molecule has 1 fully saturated rings. The van der Waals surface area contributed by atoms with Crippen LogP contribution in [0.5, 0.6) is 0 Å². The molecule has 1 N–H and O–H groups in total. The molecule has 3 rings (SSSR count). The minimum Gasteiger partial charge on any atom is -0.346 e. The van der Waals surface area contributed by atoms with E-state index in [2.05, 4.69) is 38.5 Å². The molecule has 1 saturated carbocycles. The summed E-state index contributed by atoms with van der Waals surface area (Å²) in [5.74, 6) is 1.51. The summed E-state index contributed by atoms with van der Waals surface area (Å²) in [7, 11) is 2.03. The molecule has 0 radical (unpaired) electrons. The van der Waals surface area contributed by atoms with Crippen LogP contribution >= 0.6 is 0 Å². The van der Waals surface area contributed by atoms with Crippen molar-refractivity contribution in [2.45, 2.75) is 25.4 Å².